The topological polar surface area (TPSA) is 47.9 Å². The highest BCUT2D eigenvalue weighted by molar-refractivity contribution is 6.44. The van der Waals surface area contributed by atoms with Crippen LogP contribution in [-0.2, 0) is 4.79 Å². The molecule has 1 fully saturated rings. The van der Waals surface area contributed by atoms with Crippen molar-refractivity contribution in [2.75, 3.05) is 11.4 Å². The van der Waals surface area contributed by atoms with Crippen molar-refractivity contribution in [3.05, 3.63) is 54.1 Å². The average molecular weight is 348 g/mol. The molecule has 0 saturated heterocycles. The molecule has 134 valence electrons. The fourth-order valence-corrected chi connectivity index (χ4v) is 4.78. The summed E-state index contributed by atoms with van der Waals surface area (Å²) in [7, 11) is 0. The quantitative estimate of drug-likeness (QED) is 0.845. The molecule has 1 aliphatic carbocycles. The Bertz CT molecular complexity index is 818. The van der Waals surface area contributed by atoms with Crippen molar-refractivity contribution in [3.63, 3.8) is 0 Å². The number of carbonyl (C=O) groups excluding carboxylic acids is 1. The van der Waals surface area contributed by atoms with Gasteiger partial charge in [-0.15, -0.1) is 0 Å². The molecule has 0 radical (unpaired) electrons. The molecule has 4 aliphatic rings. The number of rotatable bonds is 1. The van der Waals surface area contributed by atoms with Gasteiger partial charge >= 0.3 is 0 Å². The molecule has 0 aromatic heterocycles. The van der Waals surface area contributed by atoms with Crippen LogP contribution >= 0.6 is 0 Å². The van der Waals surface area contributed by atoms with Gasteiger partial charge in [-0.1, -0.05) is 37.5 Å². The predicted molar refractivity (Wildman–Crippen MR) is 102 cm³/mol. The van der Waals surface area contributed by atoms with Gasteiger partial charge in [0.2, 0.25) is 5.84 Å². The highest BCUT2D eigenvalue weighted by Crippen LogP contribution is 2.41. The normalized spacial score (nSPS) is 24.2. The van der Waals surface area contributed by atoms with Gasteiger partial charge in [-0.25, -0.2) is 4.99 Å². The van der Waals surface area contributed by atoms with Gasteiger partial charge < -0.3 is 10.2 Å². The van der Waals surface area contributed by atoms with Crippen LogP contribution in [0.15, 0.2) is 59.1 Å². The van der Waals surface area contributed by atoms with E-state index in [0.29, 0.717) is 12.4 Å². The molecule has 5 heteroatoms. The Morgan fingerprint density at radius 1 is 1.04 bits per heavy atom. The second-order valence-corrected chi connectivity index (χ2v) is 7.69. The number of nitrogens with one attached hydrogen (secondary N) is 1. The van der Waals surface area contributed by atoms with Gasteiger partial charge in [-0.05, 0) is 43.9 Å². The molecular formula is C21H24N4O. The van der Waals surface area contributed by atoms with Gasteiger partial charge in [0.25, 0.3) is 5.91 Å². The molecule has 3 heterocycles. The number of amidine groups is 1. The van der Waals surface area contributed by atoms with Crippen LogP contribution in [0.4, 0.5) is 5.69 Å². The Morgan fingerprint density at radius 3 is 2.65 bits per heavy atom. The van der Waals surface area contributed by atoms with Gasteiger partial charge in [0.1, 0.15) is 5.82 Å². The van der Waals surface area contributed by atoms with Crippen molar-refractivity contribution in [1.29, 1.82) is 0 Å². The van der Waals surface area contributed by atoms with E-state index < -0.39 is 0 Å². The molecule has 3 aliphatic heterocycles. The Hall–Kier alpha value is -2.56. The molecule has 1 aromatic carbocycles. The zero-order valence-corrected chi connectivity index (χ0v) is 14.9. The zero-order chi connectivity index (χ0) is 17.6. The lowest BCUT2D eigenvalue weighted by Gasteiger charge is -2.50. The number of allylic oxidation sites excluding steroid dienone is 1. The minimum atomic E-state index is -0.0271. The van der Waals surface area contributed by atoms with Crippen LogP contribution in [0.25, 0.3) is 0 Å². The molecule has 0 unspecified atom stereocenters. The summed E-state index contributed by atoms with van der Waals surface area (Å²) in [5, 5.41) is 3.89. The monoisotopic (exact) mass is 348 g/mol. The van der Waals surface area contributed by atoms with Crippen LogP contribution in [0, 0.1) is 0 Å². The molecule has 5 nitrogen and oxygen atoms in total. The zero-order valence-electron chi connectivity index (χ0n) is 14.9. The van der Waals surface area contributed by atoms with Crippen LogP contribution in [0.2, 0.25) is 0 Å². The van der Waals surface area contributed by atoms with Gasteiger partial charge in [-0.3, -0.25) is 9.69 Å². The lowest BCUT2D eigenvalue weighted by atomic mass is 9.76. The summed E-state index contributed by atoms with van der Waals surface area (Å²) < 4.78 is 0. The Balaban J connectivity index is 1.61. The minimum absolute atomic E-state index is 0.0271. The first kappa shape index (κ1) is 15.7. The molecule has 0 bridgehead atoms. The summed E-state index contributed by atoms with van der Waals surface area (Å²) in [5.41, 5.74) is 2.20. The van der Waals surface area contributed by atoms with Gasteiger partial charge in [-0.2, -0.15) is 0 Å². The molecule has 26 heavy (non-hydrogen) atoms. The molecule has 1 spiro atoms. The number of amides is 1. The van der Waals surface area contributed by atoms with Crippen molar-refractivity contribution < 1.29 is 4.79 Å². The lowest BCUT2D eigenvalue weighted by molar-refractivity contribution is -0.113. The van der Waals surface area contributed by atoms with Crippen LogP contribution in [0.5, 0.6) is 0 Å². The van der Waals surface area contributed by atoms with Crippen molar-refractivity contribution in [3.8, 4) is 0 Å². The molecule has 1 aromatic rings. The fourth-order valence-electron chi connectivity index (χ4n) is 4.78. The number of hydrogen-bond donors (Lipinski definition) is 1. The fraction of sp³-hybridized carbons (Fsp3) is 0.429. The molecular weight excluding hydrogens is 324 g/mol. The summed E-state index contributed by atoms with van der Waals surface area (Å²) in [6, 6.07) is 9.95. The Labute approximate surface area is 154 Å². The van der Waals surface area contributed by atoms with E-state index in [9.17, 15) is 4.79 Å². The third kappa shape index (κ3) is 2.37. The standard InChI is InChI=1S/C21H24N4O/c26-20-19-22-14-7-15-24(19)18-17(25(20)16-8-3-1-4-9-16)10-13-21(23-18)11-5-2-6-12-21/h1,3-4,7-9,14,23H,2,5-6,10-13,15H2. The first-order chi connectivity index (χ1) is 12.8. The lowest BCUT2D eigenvalue weighted by Crippen LogP contribution is -2.61. The number of benzene rings is 1. The summed E-state index contributed by atoms with van der Waals surface area (Å²) in [4.78, 5) is 21.6. The molecule has 1 N–H and O–H groups in total. The maximum atomic E-state index is 13.2. The molecule has 1 saturated carbocycles. The van der Waals surface area contributed by atoms with E-state index in [1.165, 1.54) is 32.1 Å². The van der Waals surface area contributed by atoms with Gasteiger partial charge in [0.05, 0.1) is 5.70 Å². The SMILES string of the molecule is O=C1C2=NC=CCN2C2=C(CCC3(CCCCC3)N2)N1c1ccccc1. The molecule has 0 atom stereocenters. The van der Waals surface area contributed by atoms with Crippen LogP contribution < -0.4 is 10.2 Å². The van der Waals surface area contributed by atoms with E-state index in [-0.39, 0.29) is 11.4 Å². The summed E-state index contributed by atoms with van der Waals surface area (Å²) in [6.45, 7) is 0.703. The Morgan fingerprint density at radius 2 is 1.85 bits per heavy atom. The molecule has 1 amide bonds. The number of para-hydroxylation sites is 1. The number of aliphatic imine (C=N–C) groups is 1. The first-order valence-electron chi connectivity index (χ1n) is 9.69. The summed E-state index contributed by atoms with van der Waals surface area (Å²) in [5.74, 6) is 1.58. The van der Waals surface area contributed by atoms with Gasteiger partial charge in [0, 0.05) is 24.0 Å². The maximum Gasteiger partial charge on any atom is 0.298 e. The predicted octanol–water partition coefficient (Wildman–Crippen LogP) is 3.52. The summed E-state index contributed by atoms with van der Waals surface area (Å²) >= 11 is 0. The Kier molecular flexibility index (Phi) is 3.62. The number of carbonyl (C=O) groups is 1. The van der Waals surface area contributed by atoms with Crippen molar-refractivity contribution in [2.45, 2.75) is 50.5 Å². The second-order valence-electron chi connectivity index (χ2n) is 7.69. The highest BCUT2D eigenvalue weighted by atomic mass is 16.2. The van der Waals surface area contributed by atoms with Crippen molar-refractivity contribution >= 4 is 17.4 Å². The van der Waals surface area contributed by atoms with Crippen molar-refractivity contribution in [2.24, 2.45) is 4.99 Å². The van der Waals surface area contributed by atoms with E-state index in [4.69, 9.17) is 0 Å². The van der Waals surface area contributed by atoms with Crippen LogP contribution in [-0.4, -0.2) is 28.7 Å². The van der Waals surface area contributed by atoms with Crippen LogP contribution in [0.3, 0.4) is 0 Å². The average Bonchev–Trinajstić information content (AvgIpc) is 2.70. The van der Waals surface area contributed by atoms with E-state index in [2.05, 4.69) is 15.2 Å². The molecule has 5 rings (SSSR count). The van der Waals surface area contributed by atoms with Crippen molar-refractivity contribution in [1.82, 2.24) is 10.2 Å². The number of nitrogens with zero attached hydrogens (tertiary/aromatic N) is 3. The first-order valence-corrected chi connectivity index (χ1v) is 9.69. The highest BCUT2D eigenvalue weighted by Gasteiger charge is 2.45. The van der Waals surface area contributed by atoms with E-state index >= 15 is 0 Å². The van der Waals surface area contributed by atoms with E-state index in [1.54, 1.807) is 6.20 Å². The number of hydrogen-bond acceptors (Lipinski definition) is 4. The number of fused-ring (bicyclic) bond motifs is 2. The smallest absolute Gasteiger partial charge is 0.298 e. The van der Waals surface area contributed by atoms with Gasteiger partial charge in [0.15, 0.2) is 0 Å². The maximum absolute atomic E-state index is 13.2. The summed E-state index contributed by atoms with van der Waals surface area (Å²) in [6.07, 6.45) is 12.1. The minimum Gasteiger partial charge on any atom is -0.364 e. The van der Waals surface area contributed by atoms with Crippen LogP contribution in [0.1, 0.15) is 44.9 Å². The van der Waals surface area contributed by atoms with E-state index in [1.807, 2.05) is 41.3 Å². The third-order valence-electron chi connectivity index (χ3n) is 6.10. The number of anilines is 1. The third-order valence-corrected chi connectivity index (χ3v) is 6.10. The largest absolute Gasteiger partial charge is 0.364 e. The van der Waals surface area contributed by atoms with E-state index in [0.717, 1.165) is 30.0 Å². The second kappa shape index (κ2) is 6.01.